The lowest BCUT2D eigenvalue weighted by Gasteiger charge is -2.42. The number of halogens is 1. The molecule has 1 heterocycles. The molecule has 0 saturated carbocycles. The molecule has 1 N–H and O–H groups in total. The maximum absolute atomic E-state index is 14.6. The largest absolute Gasteiger partial charge is 0.478 e. The molecule has 0 fully saturated rings. The third-order valence-corrected chi connectivity index (χ3v) is 5.24. The molecule has 0 bridgehead atoms. The Morgan fingerprint density at radius 2 is 1.81 bits per heavy atom. The molecule has 0 radical (unpaired) electrons. The summed E-state index contributed by atoms with van der Waals surface area (Å²) in [5, 5.41) is 8.83. The summed E-state index contributed by atoms with van der Waals surface area (Å²) in [5.41, 5.74) is 4.62. The number of carboxylic acids is 1. The molecule has 1 aliphatic heterocycles. The standard InChI is InChI=1S/C23H25FO3/c1-14-10-19-18(22(2,3)13-27-23(19,4)5)12-16(14)17-11-15(6-8-20(17)24)7-9-21(25)26/h6-12H,13H2,1-5H3,(H,25,26)/b9-7+. The van der Waals surface area contributed by atoms with Gasteiger partial charge < -0.3 is 9.84 Å². The molecule has 1 aliphatic rings. The summed E-state index contributed by atoms with van der Waals surface area (Å²) in [6.45, 7) is 10.9. The SMILES string of the molecule is Cc1cc2c(cc1-c1cc(/C=C/C(=O)O)ccc1F)C(C)(C)COC2(C)C. The van der Waals surface area contributed by atoms with Gasteiger partial charge >= 0.3 is 5.97 Å². The number of aliphatic carboxylic acids is 1. The van der Waals surface area contributed by atoms with E-state index >= 15 is 0 Å². The molecule has 2 aromatic rings. The van der Waals surface area contributed by atoms with E-state index in [9.17, 15) is 9.18 Å². The van der Waals surface area contributed by atoms with Crippen LogP contribution in [0.1, 0.15) is 49.9 Å². The van der Waals surface area contributed by atoms with E-state index in [1.807, 2.05) is 6.92 Å². The summed E-state index contributed by atoms with van der Waals surface area (Å²) in [7, 11) is 0. The predicted octanol–water partition coefficient (Wildman–Crippen LogP) is 5.44. The van der Waals surface area contributed by atoms with Crippen molar-refractivity contribution in [1.82, 2.24) is 0 Å². The molecular formula is C23H25FO3. The molecule has 142 valence electrons. The minimum absolute atomic E-state index is 0.176. The monoisotopic (exact) mass is 368 g/mol. The fourth-order valence-electron chi connectivity index (χ4n) is 3.59. The van der Waals surface area contributed by atoms with Crippen LogP contribution in [0.25, 0.3) is 17.2 Å². The van der Waals surface area contributed by atoms with E-state index < -0.39 is 11.6 Å². The van der Waals surface area contributed by atoms with Gasteiger partial charge in [-0.1, -0.05) is 26.0 Å². The zero-order chi connectivity index (χ0) is 20.0. The van der Waals surface area contributed by atoms with Crippen molar-refractivity contribution in [3.05, 3.63) is 64.5 Å². The normalized spacial score (nSPS) is 17.7. The predicted molar refractivity (Wildman–Crippen MR) is 105 cm³/mol. The van der Waals surface area contributed by atoms with Crippen molar-refractivity contribution in [3.63, 3.8) is 0 Å². The van der Waals surface area contributed by atoms with Crippen LogP contribution < -0.4 is 0 Å². The molecule has 0 unspecified atom stereocenters. The minimum atomic E-state index is -1.03. The molecule has 3 nitrogen and oxygen atoms in total. The Morgan fingerprint density at radius 1 is 1.11 bits per heavy atom. The summed E-state index contributed by atoms with van der Waals surface area (Å²) < 4.78 is 20.7. The van der Waals surface area contributed by atoms with Crippen molar-refractivity contribution in [3.8, 4) is 11.1 Å². The first-order chi connectivity index (χ1) is 12.5. The van der Waals surface area contributed by atoms with Gasteiger partial charge in [0.05, 0.1) is 12.2 Å². The first-order valence-electron chi connectivity index (χ1n) is 9.02. The van der Waals surface area contributed by atoms with Gasteiger partial charge in [0.2, 0.25) is 0 Å². The van der Waals surface area contributed by atoms with Crippen LogP contribution in [-0.2, 0) is 20.5 Å². The highest BCUT2D eigenvalue weighted by Gasteiger charge is 2.38. The number of ether oxygens (including phenoxy) is 1. The molecule has 3 rings (SSSR count). The van der Waals surface area contributed by atoms with Crippen LogP contribution in [-0.4, -0.2) is 17.7 Å². The van der Waals surface area contributed by atoms with Gasteiger partial charge in [0.1, 0.15) is 5.82 Å². The highest BCUT2D eigenvalue weighted by molar-refractivity contribution is 5.85. The maximum Gasteiger partial charge on any atom is 0.328 e. The van der Waals surface area contributed by atoms with Gasteiger partial charge in [-0.2, -0.15) is 0 Å². The number of fused-ring (bicyclic) bond motifs is 1. The second kappa shape index (κ2) is 6.61. The lowest BCUT2D eigenvalue weighted by molar-refractivity contribution is -0.131. The van der Waals surface area contributed by atoms with Crippen LogP contribution >= 0.6 is 0 Å². The molecule has 0 atom stereocenters. The van der Waals surface area contributed by atoms with E-state index in [1.165, 1.54) is 12.1 Å². The van der Waals surface area contributed by atoms with Crippen molar-refractivity contribution in [2.24, 2.45) is 0 Å². The van der Waals surface area contributed by atoms with Gasteiger partial charge in [0, 0.05) is 17.1 Å². The van der Waals surface area contributed by atoms with Gasteiger partial charge in [-0.15, -0.1) is 0 Å². The Balaban J connectivity index is 2.19. The molecule has 0 amide bonds. The second-order valence-corrected chi connectivity index (χ2v) is 8.31. The maximum atomic E-state index is 14.6. The minimum Gasteiger partial charge on any atom is -0.478 e. The van der Waals surface area contributed by atoms with Crippen molar-refractivity contribution >= 4 is 12.0 Å². The first kappa shape index (κ1) is 19.3. The van der Waals surface area contributed by atoms with Crippen LogP contribution in [0, 0.1) is 12.7 Å². The van der Waals surface area contributed by atoms with E-state index in [1.54, 1.807) is 12.1 Å². The number of carbonyl (C=O) groups is 1. The number of benzene rings is 2. The van der Waals surface area contributed by atoms with Crippen molar-refractivity contribution in [1.29, 1.82) is 0 Å². The second-order valence-electron chi connectivity index (χ2n) is 8.31. The molecule has 27 heavy (non-hydrogen) atoms. The topological polar surface area (TPSA) is 46.5 Å². The zero-order valence-corrected chi connectivity index (χ0v) is 16.4. The number of carboxylic acid groups (broad SMARTS) is 1. The lowest BCUT2D eigenvalue weighted by atomic mass is 9.74. The van der Waals surface area contributed by atoms with E-state index in [4.69, 9.17) is 9.84 Å². The number of rotatable bonds is 3. The molecule has 0 spiro atoms. The smallest absolute Gasteiger partial charge is 0.328 e. The van der Waals surface area contributed by atoms with Gasteiger partial charge in [-0.25, -0.2) is 9.18 Å². The molecule has 2 aromatic carbocycles. The highest BCUT2D eigenvalue weighted by atomic mass is 19.1. The number of hydrogen-bond acceptors (Lipinski definition) is 2. The molecule has 4 heteroatoms. The van der Waals surface area contributed by atoms with Crippen LogP contribution in [0.3, 0.4) is 0 Å². The third-order valence-electron chi connectivity index (χ3n) is 5.24. The Kier molecular flexibility index (Phi) is 4.73. The Morgan fingerprint density at radius 3 is 2.48 bits per heavy atom. The van der Waals surface area contributed by atoms with E-state index in [0.29, 0.717) is 17.7 Å². The van der Waals surface area contributed by atoms with Gasteiger partial charge in [0.15, 0.2) is 0 Å². The third kappa shape index (κ3) is 3.67. The summed E-state index contributed by atoms with van der Waals surface area (Å²) in [6, 6.07) is 8.81. The van der Waals surface area contributed by atoms with Crippen molar-refractivity contribution in [2.45, 2.75) is 45.6 Å². The van der Waals surface area contributed by atoms with Crippen LogP contribution in [0.5, 0.6) is 0 Å². The molecule has 0 aliphatic carbocycles. The zero-order valence-electron chi connectivity index (χ0n) is 16.4. The molecule has 0 saturated heterocycles. The van der Waals surface area contributed by atoms with Crippen LogP contribution in [0.4, 0.5) is 4.39 Å². The van der Waals surface area contributed by atoms with E-state index in [0.717, 1.165) is 28.3 Å². The number of hydrogen-bond donors (Lipinski definition) is 1. The number of aryl methyl sites for hydroxylation is 1. The average molecular weight is 368 g/mol. The highest BCUT2D eigenvalue weighted by Crippen LogP contribution is 2.44. The van der Waals surface area contributed by atoms with Crippen molar-refractivity contribution < 1.29 is 19.0 Å². The van der Waals surface area contributed by atoms with E-state index in [-0.39, 0.29) is 11.2 Å². The van der Waals surface area contributed by atoms with Gasteiger partial charge in [-0.05, 0) is 72.9 Å². The summed E-state index contributed by atoms with van der Waals surface area (Å²) in [6.07, 6.45) is 2.53. The summed E-state index contributed by atoms with van der Waals surface area (Å²) >= 11 is 0. The average Bonchev–Trinajstić information content (AvgIpc) is 2.58. The summed E-state index contributed by atoms with van der Waals surface area (Å²) in [4.78, 5) is 10.8. The summed E-state index contributed by atoms with van der Waals surface area (Å²) in [5.74, 6) is -1.36. The van der Waals surface area contributed by atoms with E-state index in [2.05, 4.69) is 39.8 Å². The van der Waals surface area contributed by atoms with Crippen LogP contribution in [0.15, 0.2) is 36.4 Å². The lowest BCUT2D eigenvalue weighted by Crippen LogP contribution is -2.40. The first-order valence-corrected chi connectivity index (χ1v) is 9.02. The van der Waals surface area contributed by atoms with Crippen molar-refractivity contribution in [2.75, 3.05) is 6.61 Å². The van der Waals surface area contributed by atoms with Gasteiger partial charge in [-0.3, -0.25) is 0 Å². The fraction of sp³-hybridized carbons (Fsp3) is 0.348. The Bertz CT molecular complexity index is 939. The quantitative estimate of drug-likeness (QED) is 0.734. The van der Waals surface area contributed by atoms with Crippen LogP contribution in [0.2, 0.25) is 0 Å². The molecular weight excluding hydrogens is 343 g/mol. The molecule has 0 aromatic heterocycles. The fourth-order valence-corrected chi connectivity index (χ4v) is 3.59. The Hall–Kier alpha value is -2.46. The van der Waals surface area contributed by atoms with Gasteiger partial charge in [0.25, 0.3) is 0 Å². The Labute approximate surface area is 159 Å².